The number of ether oxygens (including phenoxy) is 1. The van der Waals surface area contributed by atoms with Crippen LogP contribution in [0.15, 0.2) is 64.9 Å². The molecule has 2 heterocycles. The maximum absolute atomic E-state index is 13.7. The molecule has 0 saturated carbocycles. The molecule has 1 atom stereocenters. The third-order valence-electron chi connectivity index (χ3n) is 6.18. The Balaban J connectivity index is 1.57. The zero-order chi connectivity index (χ0) is 25.9. The van der Waals surface area contributed by atoms with E-state index in [9.17, 15) is 13.2 Å². The maximum atomic E-state index is 13.7. The second-order valence-electron chi connectivity index (χ2n) is 9.42. The summed E-state index contributed by atoms with van der Waals surface area (Å²) in [7, 11) is -3.88. The van der Waals surface area contributed by atoms with Crippen LogP contribution >= 0.6 is 22.9 Å². The Kier molecular flexibility index (Phi) is 8.40. The van der Waals surface area contributed by atoms with Crippen LogP contribution < -0.4 is 4.74 Å². The number of sulfonamides is 1. The van der Waals surface area contributed by atoms with E-state index in [4.69, 9.17) is 16.3 Å². The van der Waals surface area contributed by atoms with Gasteiger partial charge in [0.05, 0.1) is 17.5 Å². The van der Waals surface area contributed by atoms with Gasteiger partial charge in [-0.3, -0.25) is 4.79 Å². The third-order valence-corrected chi connectivity index (χ3v) is 9.25. The minimum Gasteiger partial charge on any atom is -0.491 e. The van der Waals surface area contributed by atoms with Crippen LogP contribution in [-0.4, -0.2) is 49.8 Å². The van der Waals surface area contributed by atoms with Gasteiger partial charge in [-0.25, -0.2) is 8.42 Å². The van der Waals surface area contributed by atoms with Crippen LogP contribution in [0.5, 0.6) is 5.75 Å². The Labute approximate surface area is 222 Å². The number of nitrogens with zero attached hydrogens (tertiary/aromatic N) is 2. The summed E-state index contributed by atoms with van der Waals surface area (Å²) >= 11 is 7.64. The van der Waals surface area contributed by atoms with Crippen LogP contribution in [0.4, 0.5) is 0 Å². The van der Waals surface area contributed by atoms with Crippen molar-refractivity contribution >= 4 is 38.9 Å². The SMILES string of the molecule is Cc1ccc(OC[C@H]2c3ccsc3CCN2C(=O)CN(CC(C)C)S(=O)(=O)c2ccc(Cl)cc2)cc1. The molecule has 9 heteroatoms. The summed E-state index contributed by atoms with van der Waals surface area (Å²) in [6, 6.07) is 15.6. The van der Waals surface area contributed by atoms with Crippen LogP contribution in [0, 0.1) is 12.8 Å². The molecule has 0 fully saturated rings. The molecule has 1 aliphatic rings. The molecule has 1 aliphatic heterocycles. The lowest BCUT2D eigenvalue weighted by Gasteiger charge is -2.37. The fourth-order valence-electron chi connectivity index (χ4n) is 4.34. The zero-order valence-electron chi connectivity index (χ0n) is 20.7. The van der Waals surface area contributed by atoms with Gasteiger partial charge in [-0.2, -0.15) is 4.31 Å². The lowest BCUT2D eigenvalue weighted by molar-refractivity contribution is -0.135. The average Bonchev–Trinajstić information content (AvgIpc) is 3.32. The topological polar surface area (TPSA) is 66.9 Å². The first kappa shape index (κ1) is 26.7. The Bertz CT molecular complexity index is 1290. The minimum absolute atomic E-state index is 0.0466. The summed E-state index contributed by atoms with van der Waals surface area (Å²) in [5, 5.41) is 2.49. The second kappa shape index (κ2) is 11.3. The van der Waals surface area contributed by atoms with E-state index >= 15 is 0 Å². The smallest absolute Gasteiger partial charge is 0.243 e. The summed E-state index contributed by atoms with van der Waals surface area (Å²) in [5.74, 6) is 0.551. The number of benzene rings is 2. The van der Waals surface area contributed by atoms with Gasteiger partial charge in [0.15, 0.2) is 0 Å². The minimum atomic E-state index is -3.88. The molecule has 1 aromatic heterocycles. The molecule has 0 N–H and O–H groups in total. The molecule has 192 valence electrons. The molecule has 2 aromatic carbocycles. The Morgan fingerprint density at radius 2 is 1.83 bits per heavy atom. The van der Waals surface area contributed by atoms with Gasteiger partial charge in [-0.1, -0.05) is 43.1 Å². The van der Waals surface area contributed by atoms with Crippen molar-refractivity contribution in [2.75, 3.05) is 26.2 Å². The molecule has 0 bridgehead atoms. The number of hydrogen-bond acceptors (Lipinski definition) is 5. The first-order chi connectivity index (χ1) is 17.1. The standard InChI is InChI=1S/C27H31ClN2O4S2/c1-19(2)16-29(36(32,33)23-10-6-21(28)7-11-23)17-27(31)30-14-12-26-24(13-15-35-26)25(30)18-34-22-8-4-20(3)5-9-22/h4-11,13,15,19,25H,12,14,16-18H2,1-3H3/t25-/m0/s1. The molecule has 6 nitrogen and oxygen atoms in total. The number of carbonyl (C=O) groups is 1. The number of carbonyl (C=O) groups excluding carboxylic acids is 1. The molecule has 0 unspecified atom stereocenters. The molecule has 1 amide bonds. The number of thiophene rings is 1. The summed E-state index contributed by atoms with van der Waals surface area (Å²) in [6.45, 7) is 6.71. The molecule has 36 heavy (non-hydrogen) atoms. The van der Waals surface area contributed by atoms with Crippen molar-refractivity contribution in [1.82, 2.24) is 9.21 Å². The number of aryl methyl sites for hydroxylation is 1. The largest absolute Gasteiger partial charge is 0.491 e. The maximum Gasteiger partial charge on any atom is 0.243 e. The van der Waals surface area contributed by atoms with Crippen LogP contribution in [0.1, 0.15) is 35.9 Å². The molecule has 3 aromatic rings. The van der Waals surface area contributed by atoms with E-state index in [2.05, 4.69) is 0 Å². The summed E-state index contributed by atoms with van der Waals surface area (Å²) < 4.78 is 34.3. The van der Waals surface area contributed by atoms with Gasteiger partial charge < -0.3 is 9.64 Å². The van der Waals surface area contributed by atoms with Crippen molar-refractivity contribution in [1.29, 1.82) is 0 Å². The van der Waals surface area contributed by atoms with E-state index in [1.807, 2.05) is 56.5 Å². The number of hydrogen-bond donors (Lipinski definition) is 0. The average molecular weight is 547 g/mol. The molecular formula is C27H31ClN2O4S2. The van der Waals surface area contributed by atoms with Gasteiger partial charge in [0.2, 0.25) is 15.9 Å². The highest BCUT2D eigenvalue weighted by Gasteiger charge is 2.35. The van der Waals surface area contributed by atoms with E-state index in [0.29, 0.717) is 18.2 Å². The molecule has 0 spiro atoms. The van der Waals surface area contributed by atoms with E-state index in [1.165, 1.54) is 21.3 Å². The highest BCUT2D eigenvalue weighted by atomic mass is 35.5. The van der Waals surface area contributed by atoms with Crippen molar-refractivity contribution in [3.05, 3.63) is 81.0 Å². The third kappa shape index (κ3) is 6.11. The summed E-state index contributed by atoms with van der Waals surface area (Å²) in [4.78, 5) is 16.8. The normalized spacial score (nSPS) is 15.8. The van der Waals surface area contributed by atoms with E-state index in [-0.39, 0.29) is 35.9 Å². The first-order valence-electron chi connectivity index (χ1n) is 12.0. The zero-order valence-corrected chi connectivity index (χ0v) is 23.1. The van der Waals surface area contributed by atoms with Crippen molar-refractivity contribution in [2.45, 2.75) is 38.1 Å². The van der Waals surface area contributed by atoms with E-state index in [0.717, 1.165) is 23.3 Å². The van der Waals surface area contributed by atoms with Gasteiger partial charge in [0, 0.05) is 23.0 Å². The first-order valence-corrected chi connectivity index (χ1v) is 14.7. The highest BCUT2D eigenvalue weighted by molar-refractivity contribution is 7.89. The van der Waals surface area contributed by atoms with E-state index < -0.39 is 10.0 Å². The van der Waals surface area contributed by atoms with Gasteiger partial charge in [-0.05, 0) is 72.7 Å². The fourth-order valence-corrected chi connectivity index (χ4v) is 6.94. The number of rotatable bonds is 9. The highest BCUT2D eigenvalue weighted by Crippen LogP contribution is 2.34. The molecule has 0 aliphatic carbocycles. The van der Waals surface area contributed by atoms with Crippen molar-refractivity contribution < 1.29 is 17.9 Å². The quantitative estimate of drug-likeness (QED) is 0.352. The Hall–Kier alpha value is -2.39. The Morgan fingerprint density at radius 3 is 2.50 bits per heavy atom. The molecule has 4 rings (SSSR count). The van der Waals surface area contributed by atoms with Crippen LogP contribution in [-0.2, 0) is 21.2 Å². The Morgan fingerprint density at radius 1 is 1.14 bits per heavy atom. The van der Waals surface area contributed by atoms with Gasteiger partial charge in [-0.15, -0.1) is 11.3 Å². The van der Waals surface area contributed by atoms with Crippen molar-refractivity contribution in [3.8, 4) is 5.75 Å². The molecular weight excluding hydrogens is 516 g/mol. The van der Waals surface area contributed by atoms with Crippen LogP contribution in [0.2, 0.25) is 5.02 Å². The fraction of sp³-hybridized carbons (Fsp3) is 0.370. The number of halogens is 1. The van der Waals surface area contributed by atoms with Gasteiger partial charge in [0.1, 0.15) is 12.4 Å². The predicted molar refractivity (Wildman–Crippen MR) is 144 cm³/mol. The lowest BCUT2D eigenvalue weighted by Crippen LogP contribution is -2.48. The molecule has 0 saturated heterocycles. The lowest BCUT2D eigenvalue weighted by atomic mass is 10.0. The number of amides is 1. The van der Waals surface area contributed by atoms with Crippen LogP contribution in [0.25, 0.3) is 0 Å². The van der Waals surface area contributed by atoms with Crippen molar-refractivity contribution in [2.24, 2.45) is 5.92 Å². The monoisotopic (exact) mass is 546 g/mol. The van der Waals surface area contributed by atoms with E-state index in [1.54, 1.807) is 28.4 Å². The number of fused-ring (bicyclic) bond motifs is 1. The summed E-state index contributed by atoms with van der Waals surface area (Å²) in [5.41, 5.74) is 2.21. The summed E-state index contributed by atoms with van der Waals surface area (Å²) in [6.07, 6.45) is 0.744. The molecule has 0 radical (unpaired) electrons. The predicted octanol–water partition coefficient (Wildman–Crippen LogP) is 5.56. The van der Waals surface area contributed by atoms with Crippen molar-refractivity contribution in [3.63, 3.8) is 0 Å². The van der Waals surface area contributed by atoms with Gasteiger partial charge in [0.25, 0.3) is 0 Å². The van der Waals surface area contributed by atoms with Crippen LogP contribution in [0.3, 0.4) is 0 Å². The van der Waals surface area contributed by atoms with Gasteiger partial charge >= 0.3 is 0 Å². The second-order valence-corrected chi connectivity index (χ2v) is 12.8.